The van der Waals surface area contributed by atoms with Crippen LogP contribution in [0.5, 0.6) is 0 Å². The molecule has 0 saturated carbocycles. The van der Waals surface area contributed by atoms with Gasteiger partial charge >= 0.3 is 0 Å². The third kappa shape index (κ3) is 3.71. The standard InChI is InChI=1S/C14H18BrClN2O/c1-17-5-3-4-13(9-17)18(2)14(19)10-6-11(15)8-12(16)7-10/h6-8,13H,3-5,9H2,1-2H3. The van der Waals surface area contributed by atoms with Crippen molar-refractivity contribution in [3.63, 3.8) is 0 Å². The number of likely N-dealkylation sites (tertiary alicyclic amines) is 1. The number of nitrogens with zero attached hydrogens (tertiary/aromatic N) is 2. The number of amides is 1. The minimum Gasteiger partial charge on any atom is -0.337 e. The summed E-state index contributed by atoms with van der Waals surface area (Å²) in [4.78, 5) is 16.6. The van der Waals surface area contributed by atoms with Crippen LogP contribution in [0.3, 0.4) is 0 Å². The summed E-state index contributed by atoms with van der Waals surface area (Å²) in [5.41, 5.74) is 0.634. The Morgan fingerprint density at radius 2 is 2.21 bits per heavy atom. The van der Waals surface area contributed by atoms with E-state index in [2.05, 4.69) is 27.9 Å². The summed E-state index contributed by atoms with van der Waals surface area (Å²) in [7, 11) is 3.97. The first-order valence-corrected chi connectivity index (χ1v) is 7.56. The quantitative estimate of drug-likeness (QED) is 0.821. The maximum absolute atomic E-state index is 12.5. The van der Waals surface area contributed by atoms with Crippen LogP contribution < -0.4 is 0 Å². The molecule has 1 heterocycles. The molecule has 104 valence electrons. The average molecular weight is 346 g/mol. The Morgan fingerprint density at radius 3 is 2.84 bits per heavy atom. The van der Waals surface area contributed by atoms with Gasteiger partial charge in [-0.15, -0.1) is 0 Å². The second-order valence-electron chi connectivity index (χ2n) is 5.13. The molecule has 1 saturated heterocycles. The van der Waals surface area contributed by atoms with Crippen molar-refractivity contribution in [3.05, 3.63) is 33.3 Å². The number of benzene rings is 1. The first-order valence-electron chi connectivity index (χ1n) is 6.39. The predicted molar refractivity (Wildman–Crippen MR) is 81.8 cm³/mol. The molecule has 1 amide bonds. The topological polar surface area (TPSA) is 23.6 Å². The third-order valence-electron chi connectivity index (χ3n) is 3.58. The van der Waals surface area contributed by atoms with Crippen LogP contribution in [-0.2, 0) is 0 Å². The highest BCUT2D eigenvalue weighted by Crippen LogP contribution is 2.22. The average Bonchev–Trinajstić information content (AvgIpc) is 2.36. The number of hydrogen-bond acceptors (Lipinski definition) is 2. The van der Waals surface area contributed by atoms with Gasteiger partial charge in [-0.3, -0.25) is 4.79 Å². The van der Waals surface area contributed by atoms with E-state index >= 15 is 0 Å². The van der Waals surface area contributed by atoms with Crippen molar-refractivity contribution in [1.82, 2.24) is 9.80 Å². The van der Waals surface area contributed by atoms with E-state index in [0.29, 0.717) is 10.6 Å². The number of carbonyl (C=O) groups is 1. The fraction of sp³-hybridized carbons (Fsp3) is 0.500. The molecule has 1 fully saturated rings. The van der Waals surface area contributed by atoms with Crippen LogP contribution >= 0.6 is 27.5 Å². The van der Waals surface area contributed by atoms with Crippen LogP contribution in [0.1, 0.15) is 23.2 Å². The Bertz CT molecular complexity index is 460. The van der Waals surface area contributed by atoms with Gasteiger partial charge in [-0.25, -0.2) is 0 Å². The van der Waals surface area contributed by atoms with Crippen molar-refractivity contribution in [2.75, 3.05) is 27.2 Å². The fourth-order valence-corrected chi connectivity index (χ4v) is 3.36. The monoisotopic (exact) mass is 344 g/mol. The smallest absolute Gasteiger partial charge is 0.253 e. The highest BCUT2D eigenvalue weighted by Gasteiger charge is 2.25. The zero-order valence-corrected chi connectivity index (χ0v) is 13.5. The van der Waals surface area contributed by atoms with Crippen LogP contribution in [0.2, 0.25) is 5.02 Å². The summed E-state index contributed by atoms with van der Waals surface area (Å²) < 4.78 is 0.831. The molecule has 0 aromatic heterocycles. The Hall–Kier alpha value is -0.580. The lowest BCUT2D eigenvalue weighted by molar-refractivity contribution is 0.0644. The normalized spacial score (nSPS) is 20.3. The van der Waals surface area contributed by atoms with Gasteiger partial charge in [-0.05, 0) is 44.6 Å². The van der Waals surface area contributed by atoms with Gasteiger partial charge in [0.15, 0.2) is 0 Å². The minimum absolute atomic E-state index is 0.0310. The van der Waals surface area contributed by atoms with Crippen molar-refractivity contribution < 1.29 is 4.79 Å². The van der Waals surface area contributed by atoms with E-state index < -0.39 is 0 Å². The van der Waals surface area contributed by atoms with Crippen molar-refractivity contribution in [2.24, 2.45) is 0 Å². The molecule has 1 aliphatic rings. The second-order valence-corrected chi connectivity index (χ2v) is 6.48. The summed E-state index contributed by atoms with van der Waals surface area (Å²) >= 11 is 9.37. The summed E-state index contributed by atoms with van der Waals surface area (Å²) in [6, 6.07) is 5.60. The minimum atomic E-state index is 0.0310. The maximum atomic E-state index is 12.5. The molecule has 1 atom stereocenters. The van der Waals surface area contributed by atoms with E-state index in [-0.39, 0.29) is 11.9 Å². The maximum Gasteiger partial charge on any atom is 0.253 e. The summed E-state index contributed by atoms with van der Waals surface area (Å²) in [6.45, 7) is 2.05. The highest BCUT2D eigenvalue weighted by molar-refractivity contribution is 9.10. The molecule has 0 aliphatic carbocycles. The molecular formula is C14H18BrClN2O. The van der Waals surface area contributed by atoms with Crippen molar-refractivity contribution in [1.29, 1.82) is 0 Å². The van der Waals surface area contributed by atoms with Crippen LogP contribution in [0.25, 0.3) is 0 Å². The van der Waals surface area contributed by atoms with Gasteiger partial charge in [-0.2, -0.15) is 0 Å². The Balaban J connectivity index is 2.13. The lowest BCUT2D eigenvalue weighted by Crippen LogP contribution is -2.47. The van der Waals surface area contributed by atoms with E-state index in [9.17, 15) is 4.79 Å². The molecule has 0 bridgehead atoms. The van der Waals surface area contributed by atoms with Gasteiger partial charge in [0.1, 0.15) is 0 Å². The highest BCUT2D eigenvalue weighted by atomic mass is 79.9. The fourth-order valence-electron chi connectivity index (χ4n) is 2.50. The SMILES string of the molecule is CN1CCCC(N(C)C(=O)c2cc(Cl)cc(Br)c2)C1. The van der Waals surface area contributed by atoms with Gasteiger partial charge in [-0.1, -0.05) is 27.5 Å². The van der Waals surface area contributed by atoms with Crippen molar-refractivity contribution in [3.8, 4) is 0 Å². The van der Waals surface area contributed by atoms with Gasteiger partial charge in [0, 0.05) is 34.7 Å². The molecule has 0 radical (unpaired) electrons. The number of carbonyl (C=O) groups excluding carboxylic acids is 1. The zero-order valence-electron chi connectivity index (χ0n) is 11.2. The molecule has 1 aromatic carbocycles. The predicted octanol–water partition coefficient (Wildman–Crippen LogP) is 3.27. The first-order chi connectivity index (χ1) is 8.97. The molecule has 1 unspecified atom stereocenters. The number of piperidine rings is 1. The van der Waals surface area contributed by atoms with Crippen LogP contribution in [-0.4, -0.2) is 48.9 Å². The molecule has 2 rings (SSSR count). The Morgan fingerprint density at radius 1 is 1.47 bits per heavy atom. The summed E-state index contributed by atoms with van der Waals surface area (Å²) in [5, 5.41) is 0.576. The van der Waals surface area contributed by atoms with Gasteiger partial charge < -0.3 is 9.80 Å². The summed E-state index contributed by atoms with van der Waals surface area (Å²) in [5.74, 6) is 0.0310. The third-order valence-corrected chi connectivity index (χ3v) is 4.25. The number of likely N-dealkylation sites (N-methyl/N-ethyl adjacent to an activating group) is 2. The molecule has 0 spiro atoms. The molecule has 1 aliphatic heterocycles. The summed E-state index contributed by atoms with van der Waals surface area (Å²) in [6.07, 6.45) is 2.20. The van der Waals surface area contributed by atoms with Gasteiger partial charge in [0.2, 0.25) is 0 Å². The molecule has 5 heteroatoms. The molecule has 0 N–H and O–H groups in total. The van der Waals surface area contributed by atoms with E-state index in [1.807, 2.05) is 18.0 Å². The second kappa shape index (κ2) is 6.25. The van der Waals surface area contributed by atoms with Crippen LogP contribution in [0.15, 0.2) is 22.7 Å². The van der Waals surface area contributed by atoms with E-state index in [0.717, 1.165) is 30.4 Å². The lowest BCUT2D eigenvalue weighted by Gasteiger charge is -2.35. The lowest BCUT2D eigenvalue weighted by atomic mass is 10.0. The molecular weight excluding hydrogens is 328 g/mol. The molecule has 1 aromatic rings. The van der Waals surface area contributed by atoms with Gasteiger partial charge in [0.05, 0.1) is 0 Å². The van der Waals surface area contributed by atoms with E-state index in [1.54, 1.807) is 12.1 Å². The van der Waals surface area contributed by atoms with Crippen LogP contribution in [0.4, 0.5) is 0 Å². The Kier molecular flexibility index (Phi) is 4.87. The van der Waals surface area contributed by atoms with Crippen molar-refractivity contribution in [2.45, 2.75) is 18.9 Å². The van der Waals surface area contributed by atoms with E-state index in [4.69, 9.17) is 11.6 Å². The molecule has 19 heavy (non-hydrogen) atoms. The van der Waals surface area contributed by atoms with Gasteiger partial charge in [0.25, 0.3) is 5.91 Å². The largest absolute Gasteiger partial charge is 0.337 e. The number of halogens is 2. The number of rotatable bonds is 2. The van der Waals surface area contributed by atoms with Crippen LogP contribution in [0, 0.1) is 0 Å². The van der Waals surface area contributed by atoms with Crippen molar-refractivity contribution >= 4 is 33.4 Å². The zero-order chi connectivity index (χ0) is 14.0. The molecule has 3 nitrogen and oxygen atoms in total. The van der Waals surface area contributed by atoms with E-state index in [1.165, 1.54) is 0 Å². The number of hydrogen-bond donors (Lipinski definition) is 0. The Labute approximate surface area is 127 Å². The first kappa shape index (κ1) is 14.8.